The average Bonchev–Trinajstić information content (AvgIpc) is 3.13. The summed E-state index contributed by atoms with van der Waals surface area (Å²) in [4.78, 5) is 12.3. The molecule has 0 aliphatic heterocycles. The van der Waals surface area contributed by atoms with Gasteiger partial charge in [0.25, 0.3) is 5.91 Å². The maximum atomic E-state index is 12.7. The van der Waals surface area contributed by atoms with Crippen molar-refractivity contribution in [1.29, 1.82) is 0 Å². The topological polar surface area (TPSA) is 64.7 Å². The highest BCUT2D eigenvalue weighted by Crippen LogP contribution is 2.28. The van der Waals surface area contributed by atoms with Crippen LogP contribution in [0.5, 0.6) is 0 Å². The number of carbonyl (C=O) groups is 1. The highest BCUT2D eigenvalue weighted by atomic mass is 35.5. The molecule has 0 saturated heterocycles. The van der Waals surface area contributed by atoms with E-state index in [1.807, 2.05) is 6.07 Å². The Kier molecular flexibility index (Phi) is 4.73. The van der Waals surface area contributed by atoms with Gasteiger partial charge >= 0.3 is 6.18 Å². The van der Waals surface area contributed by atoms with Crippen LogP contribution in [0, 0.1) is 0 Å². The van der Waals surface area contributed by atoms with Gasteiger partial charge in [0.2, 0.25) is 0 Å². The first-order chi connectivity index (χ1) is 12.2. The molecular weight excluding hydrogens is 371 g/mol. The molecule has 10 heteroatoms. The number of benzene rings is 1. The second-order valence-electron chi connectivity index (χ2n) is 5.55. The van der Waals surface area contributed by atoms with Crippen molar-refractivity contribution in [3.05, 3.63) is 64.7 Å². The summed E-state index contributed by atoms with van der Waals surface area (Å²) in [5, 5.41) is 10.5. The third kappa shape index (κ3) is 4.05. The predicted molar refractivity (Wildman–Crippen MR) is 88.9 cm³/mol. The molecule has 3 aromatic rings. The molecule has 2 heterocycles. The lowest BCUT2D eigenvalue weighted by atomic mass is 10.2. The minimum atomic E-state index is -4.61. The quantitative estimate of drug-likeness (QED) is 0.748. The lowest BCUT2D eigenvalue weighted by molar-refractivity contribution is -0.141. The molecule has 136 valence electrons. The number of alkyl halides is 3. The van der Waals surface area contributed by atoms with Gasteiger partial charge < -0.3 is 5.32 Å². The number of nitrogens with zero attached hydrogens (tertiary/aromatic N) is 4. The second-order valence-corrected chi connectivity index (χ2v) is 5.98. The van der Waals surface area contributed by atoms with E-state index in [1.54, 1.807) is 29.1 Å². The molecule has 0 spiro atoms. The maximum absolute atomic E-state index is 12.7. The predicted octanol–water partition coefficient (Wildman–Crippen LogP) is 3.59. The summed E-state index contributed by atoms with van der Waals surface area (Å²) in [5.74, 6) is -0.685. The van der Waals surface area contributed by atoms with Crippen LogP contribution in [0.3, 0.4) is 0 Å². The van der Waals surface area contributed by atoms with Crippen molar-refractivity contribution in [3.63, 3.8) is 0 Å². The summed E-state index contributed by atoms with van der Waals surface area (Å²) < 4.78 is 40.6. The summed E-state index contributed by atoms with van der Waals surface area (Å²) in [5.41, 5.74) is -0.0277. The van der Waals surface area contributed by atoms with Gasteiger partial charge in [0, 0.05) is 25.0 Å². The van der Waals surface area contributed by atoms with Crippen LogP contribution in [0.2, 0.25) is 5.02 Å². The van der Waals surface area contributed by atoms with Crippen molar-refractivity contribution in [3.8, 4) is 0 Å². The number of aryl methyl sites for hydroxylation is 1. The van der Waals surface area contributed by atoms with Crippen LogP contribution < -0.4 is 5.32 Å². The molecule has 0 radical (unpaired) electrons. The molecule has 0 saturated carbocycles. The van der Waals surface area contributed by atoms with Crippen molar-refractivity contribution < 1.29 is 18.0 Å². The number of anilines is 1. The summed E-state index contributed by atoms with van der Waals surface area (Å²) in [6.45, 7) is 0.431. The zero-order chi connectivity index (χ0) is 18.9. The lowest BCUT2D eigenvalue weighted by Crippen LogP contribution is -2.16. The monoisotopic (exact) mass is 383 g/mol. The number of amides is 1. The fourth-order valence-electron chi connectivity index (χ4n) is 2.37. The third-order valence-electron chi connectivity index (χ3n) is 3.53. The standard InChI is InChI=1S/C16H13ClF3N5O/c1-24-13(6-14(23-24)16(18,19)20)15(26)22-12-4-2-3-10(5-12)8-25-9-11(17)7-21-25/h2-7,9H,8H2,1H3,(H,22,26). The van der Waals surface area contributed by atoms with Gasteiger partial charge in [0.15, 0.2) is 5.69 Å². The van der Waals surface area contributed by atoms with Crippen molar-refractivity contribution >= 4 is 23.2 Å². The lowest BCUT2D eigenvalue weighted by Gasteiger charge is -2.08. The molecular formula is C16H13ClF3N5O. The Morgan fingerprint density at radius 2 is 2.08 bits per heavy atom. The number of rotatable bonds is 4. The van der Waals surface area contributed by atoms with Gasteiger partial charge in [0.1, 0.15) is 5.69 Å². The number of halogens is 4. The van der Waals surface area contributed by atoms with Gasteiger partial charge in [0.05, 0.1) is 17.8 Å². The molecule has 0 atom stereocenters. The molecule has 1 amide bonds. The van der Waals surface area contributed by atoms with E-state index < -0.39 is 17.8 Å². The van der Waals surface area contributed by atoms with E-state index in [1.165, 1.54) is 13.2 Å². The number of carbonyl (C=O) groups excluding carboxylic acids is 1. The molecule has 0 aliphatic rings. The van der Waals surface area contributed by atoms with Crippen molar-refractivity contribution in [1.82, 2.24) is 19.6 Å². The van der Waals surface area contributed by atoms with Crippen LogP contribution in [-0.4, -0.2) is 25.5 Å². The van der Waals surface area contributed by atoms with Crippen LogP contribution >= 0.6 is 11.6 Å². The van der Waals surface area contributed by atoms with E-state index in [0.717, 1.165) is 10.2 Å². The van der Waals surface area contributed by atoms with Gasteiger partial charge in [-0.2, -0.15) is 23.4 Å². The highest BCUT2D eigenvalue weighted by molar-refractivity contribution is 6.30. The van der Waals surface area contributed by atoms with E-state index in [9.17, 15) is 18.0 Å². The van der Waals surface area contributed by atoms with Crippen LogP contribution in [0.15, 0.2) is 42.7 Å². The van der Waals surface area contributed by atoms with Gasteiger partial charge in [-0.1, -0.05) is 23.7 Å². The van der Waals surface area contributed by atoms with E-state index in [2.05, 4.69) is 15.5 Å². The minimum Gasteiger partial charge on any atom is -0.321 e. The molecule has 0 bridgehead atoms. The highest BCUT2D eigenvalue weighted by Gasteiger charge is 2.35. The number of hydrogen-bond acceptors (Lipinski definition) is 3. The Hall–Kier alpha value is -2.81. The fraction of sp³-hybridized carbons (Fsp3) is 0.188. The average molecular weight is 384 g/mol. The van der Waals surface area contributed by atoms with Gasteiger partial charge in [-0.05, 0) is 17.7 Å². The maximum Gasteiger partial charge on any atom is 0.435 e. The van der Waals surface area contributed by atoms with Crippen LogP contribution in [0.4, 0.5) is 18.9 Å². The zero-order valence-corrected chi connectivity index (χ0v) is 14.2. The first kappa shape index (κ1) is 18.0. The molecule has 2 aromatic heterocycles. The summed E-state index contributed by atoms with van der Waals surface area (Å²) in [6.07, 6.45) is -1.45. The molecule has 0 fully saturated rings. The Morgan fingerprint density at radius 1 is 1.31 bits per heavy atom. The largest absolute Gasteiger partial charge is 0.435 e. The van der Waals surface area contributed by atoms with Gasteiger partial charge in [-0.15, -0.1) is 0 Å². The Bertz CT molecular complexity index is 948. The molecule has 1 N–H and O–H groups in total. The fourth-order valence-corrected chi connectivity index (χ4v) is 2.53. The first-order valence-electron chi connectivity index (χ1n) is 7.42. The third-order valence-corrected chi connectivity index (χ3v) is 3.73. The molecule has 26 heavy (non-hydrogen) atoms. The van der Waals surface area contributed by atoms with E-state index in [4.69, 9.17) is 11.6 Å². The molecule has 3 rings (SSSR count). The SMILES string of the molecule is Cn1nc(C(F)(F)F)cc1C(=O)Nc1cccc(Cn2cc(Cl)cn2)c1. The van der Waals surface area contributed by atoms with E-state index in [-0.39, 0.29) is 5.69 Å². The molecule has 1 aromatic carbocycles. The van der Waals surface area contributed by atoms with Crippen LogP contribution in [0.1, 0.15) is 21.7 Å². The second kappa shape index (κ2) is 6.83. The Labute approximate surface area is 151 Å². The molecule has 0 unspecified atom stereocenters. The summed E-state index contributed by atoms with van der Waals surface area (Å²) in [7, 11) is 1.28. The van der Waals surface area contributed by atoms with Crippen LogP contribution in [-0.2, 0) is 19.8 Å². The number of nitrogens with one attached hydrogen (secondary N) is 1. The van der Waals surface area contributed by atoms with Gasteiger partial charge in [-0.25, -0.2) is 0 Å². The zero-order valence-electron chi connectivity index (χ0n) is 13.5. The van der Waals surface area contributed by atoms with Gasteiger partial charge in [-0.3, -0.25) is 14.2 Å². The first-order valence-corrected chi connectivity index (χ1v) is 7.79. The Balaban J connectivity index is 1.75. The smallest absolute Gasteiger partial charge is 0.321 e. The van der Waals surface area contributed by atoms with E-state index in [0.29, 0.717) is 23.3 Å². The van der Waals surface area contributed by atoms with Crippen molar-refractivity contribution in [2.24, 2.45) is 7.05 Å². The minimum absolute atomic E-state index is 0.193. The normalized spacial score (nSPS) is 11.6. The summed E-state index contributed by atoms with van der Waals surface area (Å²) in [6, 6.07) is 7.61. The summed E-state index contributed by atoms with van der Waals surface area (Å²) >= 11 is 5.81. The molecule has 6 nitrogen and oxygen atoms in total. The Morgan fingerprint density at radius 3 is 2.69 bits per heavy atom. The number of hydrogen-bond donors (Lipinski definition) is 1. The number of aromatic nitrogens is 4. The van der Waals surface area contributed by atoms with Crippen LogP contribution in [0.25, 0.3) is 0 Å². The molecule has 0 aliphatic carbocycles. The van der Waals surface area contributed by atoms with Crippen molar-refractivity contribution in [2.75, 3.05) is 5.32 Å². The van der Waals surface area contributed by atoms with E-state index >= 15 is 0 Å². The van der Waals surface area contributed by atoms with Crippen molar-refractivity contribution in [2.45, 2.75) is 12.7 Å².